The number of carbonyl (C=O) groups is 2. The summed E-state index contributed by atoms with van der Waals surface area (Å²) in [6, 6.07) is 14.4. The summed E-state index contributed by atoms with van der Waals surface area (Å²) in [5.74, 6) is -0.382. The van der Waals surface area contributed by atoms with E-state index >= 15 is 0 Å². The number of likely N-dealkylation sites (tertiary alicyclic amines) is 1. The Balaban J connectivity index is 1.51. The van der Waals surface area contributed by atoms with Crippen molar-refractivity contribution in [2.45, 2.75) is 25.6 Å². The third-order valence-electron chi connectivity index (χ3n) is 4.72. The van der Waals surface area contributed by atoms with Gasteiger partial charge in [-0.3, -0.25) is 14.5 Å². The summed E-state index contributed by atoms with van der Waals surface area (Å²) in [6.45, 7) is 2.55. The lowest BCUT2D eigenvalue weighted by atomic mass is 10.1. The molecule has 0 bridgehead atoms. The van der Waals surface area contributed by atoms with E-state index in [0.29, 0.717) is 24.4 Å². The number of hydrogen-bond acceptors (Lipinski definition) is 5. The van der Waals surface area contributed by atoms with Gasteiger partial charge in [0.1, 0.15) is 5.75 Å². The molecule has 1 aliphatic heterocycles. The molecule has 2 amide bonds. The fraction of sp³-hybridized carbons (Fsp3) is 0.333. The van der Waals surface area contributed by atoms with Gasteiger partial charge in [-0.1, -0.05) is 30.3 Å². The number of rotatable bonds is 8. The van der Waals surface area contributed by atoms with Crippen LogP contribution in [-0.2, 0) is 17.9 Å². The average molecular weight is 383 g/mol. The zero-order valence-electron chi connectivity index (χ0n) is 15.6. The Labute approximate surface area is 164 Å². The Kier molecular flexibility index (Phi) is 6.62. The number of hydrogen-bond donors (Lipinski definition) is 3. The minimum absolute atomic E-state index is 0.150. The molecule has 0 radical (unpaired) electrons. The van der Waals surface area contributed by atoms with Crippen LogP contribution in [0.15, 0.2) is 48.5 Å². The summed E-state index contributed by atoms with van der Waals surface area (Å²) in [4.78, 5) is 25.5. The molecule has 7 heteroatoms. The molecule has 0 aromatic heterocycles. The highest BCUT2D eigenvalue weighted by molar-refractivity contribution is 5.93. The first-order valence-corrected chi connectivity index (χ1v) is 9.28. The van der Waals surface area contributed by atoms with Crippen molar-refractivity contribution in [3.63, 3.8) is 0 Å². The maximum atomic E-state index is 12.1. The van der Waals surface area contributed by atoms with Crippen LogP contribution in [0.4, 0.5) is 0 Å². The van der Waals surface area contributed by atoms with E-state index < -0.39 is 5.91 Å². The SMILES string of the molecule is NC(=O)c1cccc(OCC(=O)NCc2ccccc2CN2CC[C@H](O)C2)c1. The van der Waals surface area contributed by atoms with Crippen molar-refractivity contribution in [1.82, 2.24) is 10.2 Å². The van der Waals surface area contributed by atoms with E-state index in [1.165, 1.54) is 6.07 Å². The van der Waals surface area contributed by atoms with Crippen LogP contribution in [0.1, 0.15) is 27.9 Å². The van der Waals surface area contributed by atoms with Crippen molar-refractivity contribution < 1.29 is 19.4 Å². The van der Waals surface area contributed by atoms with Gasteiger partial charge in [-0.25, -0.2) is 0 Å². The molecule has 1 heterocycles. The first kappa shape index (κ1) is 19.9. The lowest BCUT2D eigenvalue weighted by Crippen LogP contribution is -2.29. The van der Waals surface area contributed by atoms with Crippen molar-refractivity contribution in [3.05, 3.63) is 65.2 Å². The molecular formula is C21H25N3O4. The average Bonchev–Trinajstić information content (AvgIpc) is 3.10. The topological polar surface area (TPSA) is 105 Å². The molecule has 3 rings (SSSR count). The molecule has 4 N–H and O–H groups in total. The maximum absolute atomic E-state index is 12.1. The van der Waals surface area contributed by atoms with Gasteiger partial charge in [0.05, 0.1) is 6.10 Å². The molecular weight excluding hydrogens is 358 g/mol. The van der Waals surface area contributed by atoms with Crippen LogP contribution in [0.3, 0.4) is 0 Å². The van der Waals surface area contributed by atoms with Gasteiger partial charge in [0.2, 0.25) is 5.91 Å². The van der Waals surface area contributed by atoms with Gasteiger partial charge in [0.25, 0.3) is 5.91 Å². The van der Waals surface area contributed by atoms with Crippen LogP contribution in [0.2, 0.25) is 0 Å². The minimum Gasteiger partial charge on any atom is -0.484 e. The Morgan fingerprint density at radius 1 is 1.18 bits per heavy atom. The fourth-order valence-electron chi connectivity index (χ4n) is 3.21. The second-order valence-corrected chi connectivity index (χ2v) is 6.90. The maximum Gasteiger partial charge on any atom is 0.258 e. The standard InChI is InChI=1S/C21H25N3O4/c22-21(27)15-6-3-7-19(10-15)28-14-20(26)23-11-16-4-1-2-5-17(16)12-24-9-8-18(25)13-24/h1-7,10,18,25H,8-9,11-14H2,(H2,22,27)(H,23,26)/t18-/m0/s1. The molecule has 1 aliphatic rings. The number of nitrogens with zero attached hydrogens (tertiary/aromatic N) is 1. The zero-order valence-corrected chi connectivity index (χ0v) is 15.6. The first-order chi connectivity index (χ1) is 13.5. The third kappa shape index (κ3) is 5.55. The predicted octanol–water partition coefficient (Wildman–Crippen LogP) is 1.05. The summed E-state index contributed by atoms with van der Waals surface area (Å²) in [6.07, 6.45) is 0.546. The van der Waals surface area contributed by atoms with Crippen LogP contribution in [-0.4, -0.2) is 47.6 Å². The number of amides is 2. The molecule has 0 aliphatic carbocycles. The quantitative estimate of drug-likeness (QED) is 0.632. The van der Waals surface area contributed by atoms with Crippen molar-refractivity contribution in [1.29, 1.82) is 0 Å². The number of benzene rings is 2. The van der Waals surface area contributed by atoms with Gasteiger partial charge in [0.15, 0.2) is 6.61 Å². The zero-order chi connectivity index (χ0) is 19.9. The molecule has 0 unspecified atom stereocenters. The van der Waals surface area contributed by atoms with E-state index in [4.69, 9.17) is 10.5 Å². The minimum atomic E-state index is -0.544. The third-order valence-corrected chi connectivity index (χ3v) is 4.72. The number of aliphatic hydroxyl groups is 1. The number of β-amino-alcohol motifs (C(OH)–C–C–N with tert-alkyl or cyclic N) is 1. The van der Waals surface area contributed by atoms with Crippen LogP contribution >= 0.6 is 0 Å². The van der Waals surface area contributed by atoms with E-state index in [0.717, 1.165) is 30.6 Å². The molecule has 2 aromatic rings. The largest absolute Gasteiger partial charge is 0.484 e. The molecule has 1 atom stereocenters. The second kappa shape index (κ2) is 9.34. The Bertz CT molecular complexity index is 840. The van der Waals surface area contributed by atoms with Crippen molar-refractivity contribution in [3.8, 4) is 5.75 Å². The molecule has 28 heavy (non-hydrogen) atoms. The van der Waals surface area contributed by atoms with Gasteiger partial charge >= 0.3 is 0 Å². The fourth-order valence-corrected chi connectivity index (χ4v) is 3.21. The van der Waals surface area contributed by atoms with Crippen molar-refractivity contribution >= 4 is 11.8 Å². The van der Waals surface area contributed by atoms with Gasteiger partial charge in [0, 0.05) is 31.7 Å². The van der Waals surface area contributed by atoms with Crippen LogP contribution in [0, 0.1) is 0 Å². The summed E-state index contributed by atoms with van der Waals surface area (Å²) in [5.41, 5.74) is 7.74. The van der Waals surface area contributed by atoms with E-state index in [1.54, 1.807) is 18.2 Å². The number of nitrogens with two attached hydrogens (primary N) is 1. The van der Waals surface area contributed by atoms with Gasteiger partial charge < -0.3 is 20.9 Å². The molecule has 0 saturated carbocycles. The Morgan fingerprint density at radius 3 is 2.68 bits per heavy atom. The number of ether oxygens (including phenoxy) is 1. The first-order valence-electron chi connectivity index (χ1n) is 9.28. The Hall–Kier alpha value is -2.90. The molecule has 1 saturated heterocycles. The molecule has 7 nitrogen and oxygen atoms in total. The summed E-state index contributed by atoms with van der Waals surface area (Å²) < 4.78 is 5.44. The second-order valence-electron chi connectivity index (χ2n) is 6.90. The van der Waals surface area contributed by atoms with E-state index in [2.05, 4.69) is 10.2 Å². The summed E-state index contributed by atoms with van der Waals surface area (Å²) in [7, 11) is 0. The number of primary amides is 1. The van der Waals surface area contributed by atoms with Crippen molar-refractivity contribution in [2.75, 3.05) is 19.7 Å². The molecule has 0 spiro atoms. The Morgan fingerprint density at radius 2 is 1.96 bits per heavy atom. The monoisotopic (exact) mass is 383 g/mol. The highest BCUT2D eigenvalue weighted by Gasteiger charge is 2.20. The highest BCUT2D eigenvalue weighted by Crippen LogP contribution is 2.17. The number of carbonyl (C=O) groups excluding carboxylic acids is 2. The van der Waals surface area contributed by atoms with Gasteiger partial charge in [-0.2, -0.15) is 0 Å². The molecule has 1 fully saturated rings. The predicted molar refractivity (Wildman–Crippen MR) is 105 cm³/mol. The van der Waals surface area contributed by atoms with E-state index in [9.17, 15) is 14.7 Å². The summed E-state index contributed by atoms with van der Waals surface area (Å²) >= 11 is 0. The number of aliphatic hydroxyl groups excluding tert-OH is 1. The van der Waals surface area contributed by atoms with Crippen LogP contribution in [0.25, 0.3) is 0 Å². The van der Waals surface area contributed by atoms with E-state index in [-0.39, 0.29) is 18.6 Å². The molecule has 2 aromatic carbocycles. The van der Waals surface area contributed by atoms with E-state index in [1.807, 2.05) is 24.3 Å². The smallest absolute Gasteiger partial charge is 0.258 e. The lowest BCUT2D eigenvalue weighted by Gasteiger charge is -2.18. The lowest BCUT2D eigenvalue weighted by molar-refractivity contribution is -0.123. The van der Waals surface area contributed by atoms with Crippen molar-refractivity contribution in [2.24, 2.45) is 5.73 Å². The number of nitrogens with one attached hydrogen (secondary N) is 1. The van der Waals surface area contributed by atoms with Crippen LogP contribution < -0.4 is 15.8 Å². The van der Waals surface area contributed by atoms with Crippen LogP contribution in [0.5, 0.6) is 5.75 Å². The van der Waals surface area contributed by atoms with Gasteiger partial charge in [-0.05, 0) is 35.7 Å². The summed E-state index contributed by atoms with van der Waals surface area (Å²) in [5, 5.41) is 12.5. The highest BCUT2D eigenvalue weighted by atomic mass is 16.5. The van der Waals surface area contributed by atoms with Gasteiger partial charge in [-0.15, -0.1) is 0 Å². The normalized spacial score (nSPS) is 16.7. The molecule has 148 valence electrons.